The largest absolute Gasteiger partial charge is 0.478 e. The van der Waals surface area contributed by atoms with E-state index >= 15 is 0 Å². The van der Waals surface area contributed by atoms with Gasteiger partial charge in [-0.25, -0.2) is 4.79 Å². The molecule has 4 nitrogen and oxygen atoms in total. The SMILES string of the molecule is CCc1cccc2c(Nc3cccc(C(=O)O)c3)cc(C)nc12. The van der Waals surface area contributed by atoms with Crippen molar-refractivity contribution in [2.45, 2.75) is 20.3 Å². The number of hydrogen-bond donors (Lipinski definition) is 2. The molecule has 1 heterocycles. The van der Waals surface area contributed by atoms with Crippen molar-refractivity contribution in [3.05, 3.63) is 65.4 Å². The van der Waals surface area contributed by atoms with E-state index in [9.17, 15) is 4.79 Å². The summed E-state index contributed by atoms with van der Waals surface area (Å²) in [6.45, 7) is 4.08. The van der Waals surface area contributed by atoms with Crippen LogP contribution in [0.4, 0.5) is 11.4 Å². The van der Waals surface area contributed by atoms with Crippen molar-refractivity contribution in [1.29, 1.82) is 0 Å². The van der Waals surface area contributed by atoms with Crippen LogP contribution in [0.25, 0.3) is 10.9 Å². The molecule has 3 rings (SSSR count). The first kappa shape index (κ1) is 15.0. The lowest BCUT2D eigenvalue weighted by atomic mass is 10.1. The third-order valence-corrected chi connectivity index (χ3v) is 3.82. The van der Waals surface area contributed by atoms with Crippen molar-refractivity contribution in [2.24, 2.45) is 0 Å². The molecule has 0 spiro atoms. The number of rotatable bonds is 4. The summed E-state index contributed by atoms with van der Waals surface area (Å²) in [7, 11) is 0. The van der Waals surface area contributed by atoms with E-state index in [2.05, 4.69) is 23.3 Å². The molecule has 2 N–H and O–H groups in total. The van der Waals surface area contributed by atoms with Crippen molar-refractivity contribution < 1.29 is 9.90 Å². The number of hydrogen-bond acceptors (Lipinski definition) is 3. The molecule has 0 aliphatic heterocycles. The summed E-state index contributed by atoms with van der Waals surface area (Å²) in [5, 5.41) is 13.5. The van der Waals surface area contributed by atoms with Gasteiger partial charge in [-0.1, -0.05) is 31.2 Å². The predicted octanol–water partition coefficient (Wildman–Crippen LogP) is 4.55. The highest BCUT2D eigenvalue weighted by Gasteiger charge is 2.09. The average molecular weight is 306 g/mol. The van der Waals surface area contributed by atoms with Gasteiger partial charge in [0.05, 0.1) is 11.1 Å². The Morgan fingerprint density at radius 2 is 1.96 bits per heavy atom. The van der Waals surface area contributed by atoms with Gasteiger partial charge >= 0.3 is 5.97 Å². The lowest BCUT2D eigenvalue weighted by molar-refractivity contribution is 0.0697. The van der Waals surface area contributed by atoms with Gasteiger partial charge in [0.15, 0.2) is 0 Å². The zero-order chi connectivity index (χ0) is 16.4. The number of carbonyl (C=O) groups is 1. The normalized spacial score (nSPS) is 10.7. The number of para-hydroxylation sites is 1. The van der Waals surface area contributed by atoms with Gasteiger partial charge in [0.1, 0.15) is 0 Å². The van der Waals surface area contributed by atoms with Gasteiger partial charge < -0.3 is 10.4 Å². The van der Waals surface area contributed by atoms with Crippen LogP contribution >= 0.6 is 0 Å². The number of fused-ring (bicyclic) bond motifs is 1. The Morgan fingerprint density at radius 1 is 1.17 bits per heavy atom. The highest BCUT2D eigenvalue weighted by atomic mass is 16.4. The zero-order valence-electron chi connectivity index (χ0n) is 13.1. The fourth-order valence-corrected chi connectivity index (χ4v) is 2.71. The number of nitrogens with one attached hydrogen (secondary N) is 1. The Kier molecular flexibility index (Phi) is 3.98. The first-order chi connectivity index (χ1) is 11.1. The van der Waals surface area contributed by atoms with Crippen LogP contribution in [0.15, 0.2) is 48.5 Å². The summed E-state index contributed by atoms with van der Waals surface area (Å²) < 4.78 is 0. The molecule has 0 saturated heterocycles. The van der Waals surface area contributed by atoms with Crippen molar-refractivity contribution in [2.75, 3.05) is 5.32 Å². The number of aromatic carboxylic acids is 1. The van der Waals surface area contributed by atoms with Crippen LogP contribution in [0.1, 0.15) is 28.5 Å². The topological polar surface area (TPSA) is 62.2 Å². The Balaban J connectivity index is 2.10. The van der Waals surface area contributed by atoms with E-state index in [0.717, 1.165) is 34.4 Å². The van der Waals surface area contributed by atoms with Crippen LogP contribution in [0.2, 0.25) is 0 Å². The van der Waals surface area contributed by atoms with Gasteiger partial charge in [-0.05, 0) is 43.2 Å². The molecule has 3 aromatic rings. The number of nitrogens with zero attached hydrogens (tertiary/aromatic N) is 1. The molecule has 0 amide bonds. The van der Waals surface area contributed by atoms with E-state index in [1.165, 1.54) is 5.56 Å². The van der Waals surface area contributed by atoms with E-state index in [4.69, 9.17) is 5.11 Å². The summed E-state index contributed by atoms with van der Waals surface area (Å²) in [6.07, 6.45) is 0.918. The number of benzene rings is 2. The average Bonchev–Trinajstić information content (AvgIpc) is 2.54. The highest BCUT2D eigenvalue weighted by Crippen LogP contribution is 2.29. The van der Waals surface area contributed by atoms with Crippen LogP contribution in [-0.2, 0) is 6.42 Å². The van der Waals surface area contributed by atoms with E-state index < -0.39 is 5.97 Å². The molecule has 23 heavy (non-hydrogen) atoms. The van der Waals surface area contributed by atoms with Gasteiger partial charge in [0, 0.05) is 22.5 Å². The van der Waals surface area contributed by atoms with Crippen molar-refractivity contribution in [3.63, 3.8) is 0 Å². The van der Waals surface area contributed by atoms with Crippen LogP contribution in [0.3, 0.4) is 0 Å². The van der Waals surface area contributed by atoms with Gasteiger partial charge in [0.25, 0.3) is 0 Å². The molecule has 0 saturated carbocycles. The lowest BCUT2D eigenvalue weighted by Crippen LogP contribution is -1.99. The summed E-state index contributed by atoms with van der Waals surface area (Å²) >= 11 is 0. The fourth-order valence-electron chi connectivity index (χ4n) is 2.71. The Hall–Kier alpha value is -2.88. The second-order valence-corrected chi connectivity index (χ2v) is 5.49. The highest BCUT2D eigenvalue weighted by molar-refractivity contribution is 5.95. The molecule has 4 heteroatoms. The second-order valence-electron chi connectivity index (χ2n) is 5.49. The standard InChI is InChI=1S/C19H18N2O2/c1-3-13-6-5-9-16-17(10-12(2)20-18(13)16)21-15-8-4-7-14(11-15)19(22)23/h4-11H,3H2,1-2H3,(H,20,21)(H,22,23). The van der Waals surface area contributed by atoms with Crippen molar-refractivity contribution in [3.8, 4) is 0 Å². The maximum Gasteiger partial charge on any atom is 0.335 e. The number of aromatic nitrogens is 1. The molecule has 0 fully saturated rings. The van der Waals surface area contributed by atoms with E-state index in [1.54, 1.807) is 18.2 Å². The molecule has 0 bridgehead atoms. The fraction of sp³-hybridized carbons (Fsp3) is 0.158. The number of anilines is 2. The third-order valence-electron chi connectivity index (χ3n) is 3.82. The molecule has 0 unspecified atom stereocenters. The smallest absolute Gasteiger partial charge is 0.335 e. The molecular weight excluding hydrogens is 288 g/mol. The maximum atomic E-state index is 11.1. The van der Waals surface area contributed by atoms with Crippen LogP contribution in [0.5, 0.6) is 0 Å². The third kappa shape index (κ3) is 3.01. The van der Waals surface area contributed by atoms with Crippen LogP contribution in [0, 0.1) is 6.92 Å². The molecule has 116 valence electrons. The number of pyridine rings is 1. The molecule has 2 aromatic carbocycles. The van der Waals surface area contributed by atoms with Gasteiger partial charge in [-0.3, -0.25) is 4.98 Å². The van der Waals surface area contributed by atoms with E-state index in [0.29, 0.717) is 0 Å². The Morgan fingerprint density at radius 3 is 2.70 bits per heavy atom. The summed E-state index contributed by atoms with van der Waals surface area (Å²) in [5.74, 6) is -0.933. The number of aryl methyl sites for hydroxylation is 2. The van der Waals surface area contributed by atoms with E-state index in [1.807, 2.05) is 31.2 Å². The van der Waals surface area contributed by atoms with Gasteiger partial charge in [-0.2, -0.15) is 0 Å². The first-order valence-electron chi connectivity index (χ1n) is 7.58. The van der Waals surface area contributed by atoms with Gasteiger partial charge in [0.2, 0.25) is 0 Å². The quantitative estimate of drug-likeness (QED) is 0.742. The molecule has 0 aliphatic carbocycles. The van der Waals surface area contributed by atoms with Crippen molar-refractivity contribution >= 4 is 28.2 Å². The number of carboxylic acids is 1. The Bertz CT molecular complexity index is 888. The molecular formula is C19H18N2O2. The molecule has 0 atom stereocenters. The van der Waals surface area contributed by atoms with Crippen LogP contribution < -0.4 is 5.32 Å². The van der Waals surface area contributed by atoms with Gasteiger partial charge in [-0.15, -0.1) is 0 Å². The minimum absolute atomic E-state index is 0.263. The molecule has 0 aliphatic rings. The predicted molar refractivity (Wildman–Crippen MR) is 92.5 cm³/mol. The number of carboxylic acid groups (broad SMARTS) is 1. The van der Waals surface area contributed by atoms with E-state index in [-0.39, 0.29) is 5.56 Å². The minimum atomic E-state index is -0.933. The van der Waals surface area contributed by atoms with Crippen molar-refractivity contribution in [1.82, 2.24) is 4.98 Å². The second kappa shape index (κ2) is 6.08. The minimum Gasteiger partial charge on any atom is -0.478 e. The monoisotopic (exact) mass is 306 g/mol. The molecule has 1 aromatic heterocycles. The lowest BCUT2D eigenvalue weighted by Gasteiger charge is -2.13. The van der Waals surface area contributed by atoms with Crippen LogP contribution in [-0.4, -0.2) is 16.1 Å². The maximum absolute atomic E-state index is 11.1. The summed E-state index contributed by atoms with van der Waals surface area (Å²) in [5.41, 5.74) is 5.07. The first-order valence-corrected chi connectivity index (χ1v) is 7.58. The Labute approximate surface area is 134 Å². The molecule has 0 radical (unpaired) electrons. The summed E-state index contributed by atoms with van der Waals surface area (Å²) in [6, 6.07) is 14.9. The zero-order valence-corrected chi connectivity index (χ0v) is 13.1. The summed E-state index contributed by atoms with van der Waals surface area (Å²) in [4.78, 5) is 15.8.